The van der Waals surface area contributed by atoms with Crippen molar-refractivity contribution in [2.45, 2.75) is 45.4 Å². The Morgan fingerprint density at radius 3 is 2.50 bits per heavy atom. The van der Waals surface area contributed by atoms with Crippen LogP contribution in [-0.2, 0) is 28.6 Å². The molecule has 2 rings (SSSR count). The van der Waals surface area contributed by atoms with Crippen LogP contribution in [-0.4, -0.2) is 36.3 Å². The zero-order valence-corrected chi connectivity index (χ0v) is 11.6. The molecule has 0 aromatic rings. The summed E-state index contributed by atoms with van der Waals surface area (Å²) in [6, 6.07) is -0.114. The largest absolute Gasteiger partial charge is 0.464 e. The van der Waals surface area contributed by atoms with E-state index in [1.807, 2.05) is 0 Å². The van der Waals surface area contributed by atoms with Crippen LogP contribution in [0.25, 0.3) is 0 Å². The summed E-state index contributed by atoms with van der Waals surface area (Å²) in [6.07, 6.45) is 1.17. The first-order valence-electron chi connectivity index (χ1n) is 6.38. The summed E-state index contributed by atoms with van der Waals surface area (Å²) < 4.78 is 15.0. The molecule has 1 atom stereocenters. The number of carbonyl (C=O) groups is 3. The molecule has 2 aliphatic rings. The van der Waals surface area contributed by atoms with E-state index >= 15 is 0 Å². The molecular formula is C13H17NO6. The van der Waals surface area contributed by atoms with Crippen molar-refractivity contribution < 1.29 is 28.6 Å². The highest BCUT2D eigenvalue weighted by Gasteiger charge is 2.42. The minimum atomic E-state index is -1.24. The normalized spacial score (nSPS) is 24.9. The van der Waals surface area contributed by atoms with Crippen molar-refractivity contribution in [2.75, 3.05) is 6.61 Å². The molecule has 2 saturated heterocycles. The van der Waals surface area contributed by atoms with Crippen LogP contribution in [0.3, 0.4) is 0 Å². The lowest BCUT2D eigenvalue weighted by Gasteiger charge is -2.30. The van der Waals surface area contributed by atoms with Gasteiger partial charge in [-0.1, -0.05) is 0 Å². The van der Waals surface area contributed by atoms with Gasteiger partial charge in [0.2, 0.25) is 0 Å². The maximum atomic E-state index is 11.9. The average molecular weight is 283 g/mol. The number of allylic oxidation sites excluding steroid dienone is 1. The predicted octanol–water partition coefficient (Wildman–Crippen LogP) is 0.392. The molecule has 0 radical (unpaired) electrons. The van der Waals surface area contributed by atoms with Crippen LogP contribution in [0.1, 0.15) is 33.6 Å². The SMILES string of the molecule is CC(=O)OC[C@@H]1CCC(=C2C(=O)OC(C)(C)OC2=O)N1. The van der Waals surface area contributed by atoms with Crippen LogP contribution in [0.2, 0.25) is 0 Å². The summed E-state index contributed by atoms with van der Waals surface area (Å²) in [5.74, 6) is -3.00. The average Bonchev–Trinajstić information content (AvgIpc) is 2.72. The zero-order chi connectivity index (χ0) is 14.9. The van der Waals surface area contributed by atoms with E-state index in [4.69, 9.17) is 14.2 Å². The van der Waals surface area contributed by atoms with E-state index in [-0.39, 0.29) is 24.2 Å². The molecule has 2 aliphatic heterocycles. The number of ether oxygens (including phenoxy) is 3. The third-order valence-electron chi connectivity index (χ3n) is 3.00. The Morgan fingerprint density at radius 1 is 1.35 bits per heavy atom. The Morgan fingerprint density at radius 2 is 1.95 bits per heavy atom. The quantitative estimate of drug-likeness (QED) is 0.445. The van der Waals surface area contributed by atoms with Gasteiger partial charge in [-0.25, -0.2) is 9.59 Å². The van der Waals surface area contributed by atoms with Crippen molar-refractivity contribution in [2.24, 2.45) is 0 Å². The Balaban J connectivity index is 2.08. The molecule has 0 bridgehead atoms. The molecule has 0 aliphatic carbocycles. The number of carbonyl (C=O) groups excluding carboxylic acids is 3. The summed E-state index contributed by atoms with van der Waals surface area (Å²) >= 11 is 0. The molecule has 0 saturated carbocycles. The topological polar surface area (TPSA) is 90.9 Å². The van der Waals surface area contributed by atoms with E-state index < -0.39 is 17.7 Å². The first-order chi connectivity index (χ1) is 9.28. The highest BCUT2D eigenvalue weighted by atomic mass is 16.7. The van der Waals surface area contributed by atoms with Crippen LogP contribution < -0.4 is 5.32 Å². The number of cyclic esters (lactones) is 2. The van der Waals surface area contributed by atoms with Crippen LogP contribution in [0.5, 0.6) is 0 Å². The molecule has 2 heterocycles. The lowest BCUT2D eigenvalue weighted by atomic mass is 10.1. The van der Waals surface area contributed by atoms with E-state index in [2.05, 4.69) is 5.32 Å². The number of nitrogens with one attached hydrogen (secondary N) is 1. The summed E-state index contributed by atoms with van der Waals surface area (Å²) in [6.45, 7) is 4.51. The molecule has 7 heteroatoms. The van der Waals surface area contributed by atoms with Gasteiger partial charge in [0.05, 0.1) is 6.04 Å². The monoisotopic (exact) mass is 283 g/mol. The highest BCUT2D eigenvalue weighted by molar-refractivity contribution is 6.16. The van der Waals surface area contributed by atoms with Crippen molar-refractivity contribution >= 4 is 17.9 Å². The molecule has 7 nitrogen and oxygen atoms in total. The van der Waals surface area contributed by atoms with Gasteiger partial charge in [-0.3, -0.25) is 4.79 Å². The Bertz CT molecular complexity index is 471. The summed E-state index contributed by atoms with van der Waals surface area (Å²) in [7, 11) is 0. The van der Waals surface area contributed by atoms with E-state index in [0.29, 0.717) is 18.5 Å². The van der Waals surface area contributed by atoms with Gasteiger partial charge in [0.15, 0.2) is 5.57 Å². The van der Waals surface area contributed by atoms with Gasteiger partial charge in [-0.15, -0.1) is 0 Å². The van der Waals surface area contributed by atoms with Crippen LogP contribution >= 0.6 is 0 Å². The third kappa shape index (κ3) is 3.09. The summed E-state index contributed by atoms with van der Waals surface area (Å²) in [5, 5.41) is 3.00. The second-order valence-corrected chi connectivity index (χ2v) is 5.21. The predicted molar refractivity (Wildman–Crippen MR) is 66.1 cm³/mol. The Labute approximate surface area is 116 Å². The fourth-order valence-electron chi connectivity index (χ4n) is 2.15. The highest BCUT2D eigenvalue weighted by Crippen LogP contribution is 2.28. The summed E-state index contributed by atoms with van der Waals surface area (Å²) in [5.41, 5.74) is 0.377. The lowest BCUT2D eigenvalue weighted by molar-refractivity contribution is -0.222. The zero-order valence-electron chi connectivity index (χ0n) is 11.6. The molecule has 2 fully saturated rings. The van der Waals surface area contributed by atoms with Crippen molar-refractivity contribution in [1.82, 2.24) is 5.32 Å². The molecule has 20 heavy (non-hydrogen) atoms. The van der Waals surface area contributed by atoms with E-state index in [1.54, 1.807) is 0 Å². The van der Waals surface area contributed by atoms with Crippen molar-refractivity contribution in [3.63, 3.8) is 0 Å². The molecule has 1 N–H and O–H groups in total. The van der Waals surface area contributed by atoms with Crippen LogP contribution in [0.4, 0.5) is 0 Å². The van der Waals surface area contributed by atoms with Crippen molar-refractivity contribution in [3.8, 4) is 0 Å². The molecule has 0 amide bonds. The lowest BCUT2D eigenvalue weighted by Crippen LogP contribution is -2.43. The number of hydrogen-bond donors (Lipinski definition) is 1. The number of rotatable bonds is 2. The van der Waals surface area contributed by atoms with Crippen molar-refractivity contribution in [1.29, 1.82) is 0 Å². The number of esters is 3. The van der Waals surface area contributed by atoms with Gasteiger partial charge in [0.25, 0.3) is 5.79 Å². The fraction of sp³-hybridized carbons (Fsp3) is 0.615. The van der Waals surface area contributed by atoms with Crippen molar-refractivity contribution in [3.05, 3.63) is 11.3 Å². The smallest absolute Gasteiger partial charge is 0.350 e. The van der Waals surface area contributed by atoms with Gasteiger partial charge in [-0.2, -0.15) is 0 Å². The minimum absolute atomic E-state index is 0.102. The first kappa shape index (κ1) is 14.4. The van der Waals surface area contributed by atoms with Gasteiger partial charge < -0.3 is 19.5 Å². The number of hydrogen-bond acceptors (Lipinski definition) is 7. The molecule has 0 unspecified atom stereocenters. The standard InChI is InChI=1S/C13H17NO6/c1-7(15)18-6-8-4-5-9(14-8)10-11(16)19-13(2,3)20-12(10)17/h8,14H,4-6H2,1-3H3/t8-/m0/s1. The van der Waals surface area contributed by atoms with E-state index in [9.17, 15) is 14.4 Å². The maximum Gasteiger partial charge on any atom is 0.350 e. The second-order valence-electron chi connectivity index (χ2n) is 5.21. The Hall–Kier alpha value is -2.05. The van der Waals surface area contributed by atoms with Gasteiger partial charge in [-0.05, 0) is 12.8 Å². The van der Waals surface area contributed by atoms with E-state index in [0.717, 1.165) is 0 Å². The Kier molecular flexibility index (Phi) is 3.69. The molecule has 0 aromatic heterocycles. The minimum Gasteiger partial charge on any atom is -0.464 e. The molecule has 110 valence electrons. The fourth-order valence-corrected chi connectivity index (χ4v) is 2.15. The molecule has 0 spiro atoms. The second kappa shape index (κ2) is 5.15. The first-order valence-corrected chi connectivity index (χ1v) is 6.38. The molecular weight excluding hydrogens is 266 g/mol. The summed E-state index contributed by atoms with van der Waals surface area (Å²) in [4.78, 5) is 34.5. The third-order valence-corrected chi connectivity index (χ3v) is 3.00. The van der Waals surface area contributed by atoms with E-state index in [1.165, 1.54) is 20.8 Å². The molecule has 0 aromatic carbocycles. The van der Waals surface area contributed by atoms with Gasteiger partial charge in [0, 0.05) is 26.5 Å². The van der Waals surface area contributed by atoms with Crippen LogP contribution in [0, 0.1) is 0 Å². The maximum absolute atomic E-state index is 11.9. The van der Waals surface area contributed by atoms with Gasteiger partial charge >= 0.3 is 17.9 Å². The van der Waals surface area contributed by atoms with Gasteiger partial charge in [0.1, 0.15) is 6.61 Å². The van der Waals surface area contributed by atoms with Crippen LogP contribution in [0.15, 0.2) is 11.3 Å².